The van der Waals surface area contributed by atoms with Crippen molar-refractivity contribution in [2.45, 2.75) is 19.4 Å². The molecule has 0 aliphatic carbocycles. The molecule has 0 saturated carbocycles. The van der Waals surface area contributed by atoms with Gasteiger partial charge < -0.3 is 5.32 Å². The van der Waals surface area contributed by atoms with Crippen LogP contribution >= 0.6 is 0 Å². The second-order valence-electron chi connectivity index (χ2n) is 7.15. The highest BCUT2D eigenvalue weighted by atomic mass is 16.2. The minimum absolute atomic E-state index is 0.129. The zero-order valence-corrected chi connectivity index (χ0v) is 15.6. The van der Waals surface area contributed by atoms with Crippen LogP contribution in [0.5, 0.6) is 0 Å². The van der Waals surface area contributed by atoms with Crippen molar-refractivity contribution >= 4 is 5.91 Å². The van der Waals surface area contributed by atoms with Crippen LogP contribution in [-0.4, -0.2) is 55.0 Å². The molecule has 4 heteroatoms. The maximum absolute atomic E-state index is 12.3. The van der Waals surface area contributed by atoms with E-state index < -0.39 is 0 Å². The highest BCUT2D eigenvalue weighted by Gasteiger charge is 2.19. The van der Waals surface area contributed by atoms with E-state index in [1.54, 1.807) is 0 Å². The second-order valence-corrected chi connectivity index (χ2v) is 7.15. The number of nitrogens with zero attached hydrogens (tertiary/aromatic N) is 2. The van der Waals surface area contributed by atoms with Gasteiger partial charge in [0.05, 0.1) is 6.54 Å². The van der Waals surface area contributed by atoms with Crippen molar-refractivity contribution in [2.24, 2.45) is 0 Å². The normalized spacial score (nSPS) is 17.0. The fourth-order valence-electron chi connectivity index (χ4n) is 3.37. The molecule has 26 heavy (non-hydrogen) atoms. The first-order chi connectivity index (χ1) is 12.7. The summed E-state index contributed by atoms with van der Waals surface area (Å²) in [5, 5.41) is 3.09. The van der Waals surface area contributed by atoms with Crippen LogP contribution in [-0.2, 0) is 11.3 Å². The van der Waals surface area contributed by atoms with E-state index in [1.165, 1.54) is 11.1 Å². The SMILES string of the molecule is CC(CNC(=O)CN1CCN(Cc2ccccc2)CC1)c1ccccc1. The largest absolute Gasteiger partial charge is 0.354 e. The van der Waals surface area contributed by atoms with Gasteiger partial charge in [0.15, 0.2) is 0 Å². The zero-order valence-electron chi connectivity index (χ0n) is 15.6. The van der Waals surface area contributed by atoms with Crippen LogP contribution in [0, 0.1) is 0 Å². The van der Waals surface area contributed by atoms with Gasteiger partial charge in [0.2, 0.25) is 5.91 Å². The van der Waals surface area contributed by atoms with Crippen LogP contribution in [0.4, 0.5) is 0 Å². The molecule has 0 bridgehead atoms. The summed E-state index contributed by atoms with van der Waals surface area (Å²) in [7, 11) is 0. The molecule has 3 rings (SSSR count). The quantitative estimate of drug-likeness (QED) is 0.833. The molecule has 1 atom stereocenters. The number of piperazine rings is 1. The number of hydrogen-bond donors (Lipinski definition) is 1. The average Bonchev–Trinajstić information content (AvgIpc) is 2.69. The Balaban J connectivity index is 1.35. The summed E-state index contributed by atoms with van der Waals surface area (Å²) in [5.41, 5.74) is 2.62. The molecule has 2 aromatic rings. The molecule has 0 aromatic heterocycles. The van der Waals surface area contributed by atoms with Crippen molar-refractivity contribution in [1.82, 2.24) is 15.1 Å². The lowest BCUT2D eigenvalue weighted by molar-refractivity contribution is -0.122. The van der Waals surface area contributed by atoms with Gasteiger partial charge in [-0.1, -0.05) is 67.6 Å². The summed E-state index contributed by atoms with van der Waals surface area (Å²) < 4.78 is 0. The monoisotopic (exact) mass is 351 g/mol. The van der Waals surface area contributed by atoms with Gasteiger partial charge in [-0.2, -0.15) is 0 Å². The van der Waals surface area contributed by atoms with Gasteiger partial charge in [-0.15, -0.1) is 0 Å². The first kappa shape index (κ1) is 18.6. The Labute approximate surface area is 156 Å². The zero-order chi connectivity index (χ0) is 18.2. The molecule has 1 amide bonds. The Bertz CT molecular complexity index is 666. The predicted molar refractivity (Wildman–Crippen MR) is 106 cm³/mol. The number of rotatable bonds is 7. The molecule has 0 spiro atoms. The Morgan fingerprint density at radius 3 is 2.15 bits per heavy atom. The van der Waals surface area contributed by atoms with Gasteiger partial charge in [-0.3, -0.25) is 14.6 Å². The number of benzene rings is 2. The number of nitrogens with one attached hydrogen (secondary N) is 1. The van der Waals surface area contributed by atoms with E-state index in [9.17, 15) is 4.79 Å². The molecule has 1 saturated heterocycles. The van der Waals surface area contributed by atoms with E-state index in [-0.39, 0.29) is 5.91 Å². The molecule has 1 aliphatic heterocycles. The maximum atomic E-state index is 12.3. The summed E-state index contributed by atoms with van der Waals surface area (Å²) in [4.78, 5) is 17.0. The molecule has 2 aromatic carbocycles. The van der Waals surface area contributed by atoms with E-state index in [4.69, 9.17) is 0 Å². The van der Waals surface area contributed by atoms with Gasteiger partial charge in [0.1, 0.15) is 0 Å². The summed E-state index contributed by atoms with van der Waals surface area (Å²) in [6, 6.07) is 20.9. The molecule has 0 radical (unpaired) electrons. The van der Waals surface area contributed by atoms with E-state index >= 15 is 0 Å². The number of carbonyl (C=O) groups is 1. The summed E-state index contributed by atoms with van der Waals surface area (Å²) in [5.74, 6) is 0.465. The smallest absolute Gasteiger partial charge is 0.234 e. The number of hydrogen-bond acceptors (Lipinski definition) is 3. The Hall–Kier alpha value is -2.17. The van der Waals surface area contributed by atoms with Crippen molar-refractivity contribution in [3.05, 3.63) is 71.8 Å². The van der Waals surface area contributed by atoms with Gasteiger partial charge in [0, 0.05) is 39.3 Å². The standard InChI is InChI=1S/C22H29N3O/c1-19(21-10-6-3-7-11-21)16-23-22(26)18-25-14-12-24(13-15-25)17-20-8-4-2-5-9-20/h2-11,19H,12-18H2,1H3,(H,23,26). The van der Waals surface area contributed by atoms with Gasteiger partial charge >= 0.3 is 0 Å². The van der Waals surface area contributed by atoms with Crippen molar-refractivity contribution in [2.75, 3.05) is 39.3 Å². The third-order valence-electron chi connectivity index (χ3n) is 5.06. The van der Waals surface area contributed by atoms with Crippen molar-refractivity contribution in [3.8, 4) is 0 Å². The van der Waals surface area contributed by atoms with Crippen LogP contribution in [0.25, 0.3) is 0 Å². The summed E-state index contributed by atoms with van der Waals surface area (Å²) >= 11 is 0. The lowest BCUT2D eigenvalue weighted by Gasteiger charge is -2.34. The third kappa shape index (κ3) is 5.68. The van der Waals surface area contributed by atoms with Crippen LogP contribution < -0.4 is 5.32 Å². The van der Waals surface area contributed by atoms with E-state index in [0.717, 1.165) is 32.7 Å². The van der Waals surface area contributed by atoms with E-state index in [2.05, 4.69) is 64.5 Å². The van der Waals surface area contributed by atoms with Gasteiger partial charge in [-0.05, 0) is 17.0 Å². The third-order valence-corrected chi connectivity index (χ3v) is 5.06. The Morgan fingerprint density at radius 2 is 1.50 bits per heavy atom. The molecular weight excluding hydrogens is 322 g/mol. The average molecular weight is 351 g/mol. The van der Waals surface area contributed by atoms with Crippen LogP contribution in [0.3, 0.4) is 0 Å². The van der Waals surface area contributed by atoms with Crippen LogP contribution in [0.15, 0.2) is 60.7 Å². The lowest BCUT2D eigenvalue weighted by atomic mass is 10.0. The van der Waals surface area contributed by atoms with Gasteiger partial charge in [-0.25, -0.2) is 0 Å². The van der Waals surface area contributed by atoms with Crippen molar-refractivity contribution in [1.29, 1.82) is 0 Å². The molecule has 1 aliphatic rings. The Morgan fingerprint density at radius 1 is 0.923 bits per heavy atom. The topological polar surface area (TPSA) is 35.6 Å². The van der Waals surface area contributed by atoms with E-state index in [0.29, 0.717) is 19.0 Å². The second kappa shape index (κ2) is 9.51. The molecule has 138 valence electrons. The fourth-order valence-corrected chi connectivity index (χ4v) is 3.37. The molecule has 1 heterocycles. The first-order valence-electron chi connectivity index (χ1n) is 9.51. The van der Waals surface area contributed by atoms with Crippen LogP contribution in [0.1, 0.15) is 24.0 Å². The molecule has 1 N–H and O–H groups in total. The molecule has 1 unspecified atom stereocenters. The Kier molecular flexibility index (Phi) is 6.81. The predicted octanol–water partition coefficient (Wildman–Crippen LogP) is 2.72. The molecule has 1 fully saturated rings. The van der Waals surface area contributed by atoms with Crippen LogP contribution in [0.2, 0.25) is 0 Å². The minimum atomic E-state index is 0.129. The first-order valence-corrected chi connectivity index (χ1v) is 9.51. The highest BCUT2D eigenvalue weighted by Crippen LogP contribution is 2.13. The highest BCUT2D eigenvalue weighted by molar-refractivity contribution is 5.78. The van der Waals surface area contributed by atoms with E-state index in [1.807, 2.05) is 18.2 Å². The lowest BCUT2D eigenvalue weighted by Crippen LogP contribution is -2.49. The maximum Gasteiger partial charge on any atom is 0.234 e. The van der Waals surface area contributed by atoms with Crippen molar-refractivity contribution in [3.63, 3.8) is 0 Å². The molecular formula is C22H29N3O. The summed E-state index contributed by atoms with van der Waals surface area (Å²) in [6.07, 6.45) is 0. The molecule has 4 nitrogen and oxygen atoms in total. The summed E-state index contributed by atoms with van der Waals surface area (Å²) in [6.45, 7) is 8.28. The fraction of sp³-hybridized carbons (Fsp3) is 0.409. The van der Waals surface area contributed by atoms with Gasteiger partial charge in [0.25, 0.3) is 0 Å². The minimum Gasteiger partial charge on any atom is -0.354 e. The number of amides is 1. The van der Waals surface area contributed by atoms with Crippen molar-refractivity contribution < 1.29 is 4.79 Å². The number of carbonyl (C=O) groups excluding carboxylic acids is 1.